The van der Waals surface area contributed by atoms with Crippen LogP contribution in [0.5, 0.6) is 0 Å². The molecule has 2 nitrogen and oxygen atoms in total. The second kappa shape index (κ2) is 10.6. The van der Waals surface area contributed by atoms with Crippen molar-refractivity contribution in [3.63, 3.8) is 0 Å². The Kier molecular flexibility index (Phi) is 7.39. The molecule has 4 heteroatoms. The summed E-state index contributed by atoms with van der Waals surface area (Å²) in [7, 11) is 6.55. The molecule has 0 saturated heterocycles. The van der Waals surface area contributed by atoms with E-state index in [0.717, 1.165) is 6.16 Å². The molecule has 190 valence electrons. The zero-order chi connectivity index (χ0) is 26.0. The van der Waals surface area contributed by atoms with Crippen molar-refractivity contribution in [1.29, 1.82) is 0 Å². The van der Waals surface area contributed by atoms with Crippen molar-refractivity contribution in [1.82, 2.24) is 0 Å². The van der Waals surface area contributed by atoms with Gasteiger partial charge in [0.05, 0.1) is 29.7 Å². The highest BCUT2D eigenvalue weighted by atomic mass is 32.1. The number of nitrogens with zero attached hydrogens (tertiary/aromatic N) is 2. The number of benzene rings is 4. The summed E-state index contributed by atoms with van der Waals surface area (Å²) in [4.78, 5) is 4.30. The highest BCUT2D eigenvalue weighted by molar-refractivity contribution is 7.90. The molecule has 0 aliphatic heterocycles. The van der Waals surface area contributed by atoms with Crippen molar-refractivity contribution >= 4 is 41.9 Å². The third kappa shape index (κ3) is 5.05. The van der Waals surface area contributed by atoms with Crippen LogP contribution in [0, 0.1) is 0 Å². The second-order valence-corrected chi connectivity index (χ2v) is 15.2. The van der Waals surface area contributed by atoms with Gasteiger partial charge in [0.15, 0.2) is 0 Å². The van der Waals surface area contributed by atoms with Crippen LogP contribution in [-0.2, 0) is 17.4 Å². The molecule has 1 aliphatic carbocycles. The quantitative estimate of drug-likeness (QED) is 0.184. The standard InChI is InChI=1S/C33H37N2PS/c1-34(2)28-19-15-26(16-20-28)33(37,27-17-21-29(22-18-27)35(3)4)25-36(32-23-24-32,30-11-7-5-8-12-30)31-13-9-6-10-14-31/h5-22,32H,23-25H2,1-4H3. The molecule has 0 atom stereocenters. The van der Waals surface area contributed by atoms with Gasteiger partial charge in [0.1, 0.15) is 0 Å². The highest BCUT2D eigenvalue weighted by Gasteiger charge is 2.57. The molecule has 0 amide bonds. The van der Waals surface area contributed by atoms with Crippen LogP contribution in [0.4, 0.5) is 11.4 Å². The fraction of sp³-hybridized carbons (Fsp3) is 0.273. The fourth-order valence-electron chi connectivity index (χ4n) is 5.54. The Bertz CT molecular complexity index is 1210. The second-order valence-electron chi connectivity index (χ2n) is 10.6. The van der Waals surface area contributed by atoms with Gasteiger partial charge >= 0.3 is 0 Å². The van der Waals surface area contributed by atoms with Crippen molar-refractivity contribution in [3.05, 3.63) is 120 Å². The molecule has 0 aromatic heterocycles. The lowest BCUT2D eigenvalue weighted by Crippen LogP contribution is -2.39. The molecule has 5 rings (SSSR count). The van der Waals surface area contributed by atoms with Crippen molar-refractivity contribution in [2.24, 2.45) is 0 Å². The minimum absolute atomic E-state index is 0.544. The third-order valence-electron chi connectivity index (χ3n) is 7.78. The predicted octanol–water partition coefficient (Wildman–Crippen LogP) is 6.44. The molecular weight excluding hydrogens is 487 g/mol. The Labute approximate surface area is 229 Å². The Morgan fingerprint density at radius 1 is 0.622 bits per heavy atom. The lowest BCUT2D eigenvalue weighted by molar-refractivity contribution is 0.848. The van der Waals surface area contributed by atoms with Crippen LogP contribution < -0.4 is 20.4 Å². The zero-order valence-electron chi connectivity index (χ0n) is 22.3. The van der Waals surface area contributed by atoms with Gasteiger partial charge in [-0.25, -0.2) is 0 Å². The van der Waals surface area contributed by atoms with E-state index < -0.39 is 12.0 Å². The number of anilines is 2. The molecular formula is C33H37N2PS. The Morgan fingerprint density at radius 3 is 1.32 bits per heavy atom. The Morgan fingerprint density at radius 2 is 1.00 bits per heavy atom. The Balaban J connectivity index is 1.72. The molecule has 1 saturated carbocycles. The van der Waals surface area contributed by atoms with Gasteiger partial charge in [-0.1, -0.05) is 76.5 Å². The minimum atomic E-state index is -1.80. The summed E-state index contributed by atoms with van der Waals surface area (Å²) < 4.78 is -0.544. The average Bonchev–Trinajstić information content (AvgIpc) is 3.79. The van der Waals surface area contributed by atoms with Crippen LogP contribution in [0.2, 0.25) is 0 Å². The normalized spacial score (nSPS) is 13.9. The van der Waals surface area contributed by atoms with Crippen molar-refractivity contribution in [2.75, 3.05) is 44.2 Å². The monoisotopic (exact) mass is 524 g/mol. The summed E-state index contributed by atoms with van der Waals surface area (Å²) in [6.07, 6.45) is 3.50. The van der Waals surface area contributed by atoms with Crippen LogP contribution in [0.3, 0.4) is 0 Å². The van der Waals surface area contributed by atoms with E-state index in [-0.39, 0.29) is 0 Å². The SMILES string of the molecule is CN(C)c1ccc(C([S-])(C[P+](c2ccccc2)(c2ccccc2)C2CC2)c2ccc(N(C)C)cc2)cc1. The van der Waals surface area contributed by atoms with Gasteiger partial charge in [-0.05, 0) is 61.4 Å². The number of hydrogen-bond donors (Lipinski definition) is 0. The first-order chi connectivity index (χ1) is 17.8. The van der Waals surface area contributed by atoms with E-state index in [1.807, 2.05) is 0 Å². The van der Waals surface area contributed by atoms with E-state index >= 15 is 0 Å². The van der Waals surface area contributed by atoms with Crippen molar-refractivity contribution < 1.29 is 0 Å². The number of rotatable bonds is 9. The lowest BCUT2D eigenvalue weighted by atomic mass is 9.91. The summed E-state index contributed by atoms with van der Waals surface area (Å²) in [5.41, 5.74) is 5.49. The van der Waals surface area contributed by atoms with Crippen LogP contribution >= 0.6 is 7.26 Å². The molecule has 0 spiro atoms. The van der Waals surface area contributed by atoms with Gasteiger partial charge < -0.3 is 22.4 Å². The van der Waals surface area contributed by atoms with E-state index in [9.17, 15) is 0 Å². The van der Waals surface area contributed by atoms with E-state index in [4.69, 9.17) is 12.6 Å². The molecule has 37 heavy (non-hydrogen) atoms. The van der Waals surface area contributed by atoms with Crippen LogP contribution in [0.1, 0.15) is 24.0 Å². The summed E-state index contributed by atoms with van der Waals surface area (Å²) in [5.74, 6) is 0. The summed E-state index contributed by atoms with van der Waals surface area (Å²) in [5, 5.41) is 2.96. The molecule has 0 bridgehead atoms. The Hall–Kier alpha value is -2.74. The van der Waals surface area contributed by atoms with Crippen molar-refractivity contribution in [3.8, 4) is 0 Å². The van der Waals surface area contributed by atoms with Crippen LogP contribution in [0.15, 0.2) is 109 Å². The molecule has 0 unspecified atom stereocenters. The molecule has 0 heterocycles. The van der Waals surface area contributed by atoms with Gasteiger partial charge in [-0.15, -0.1) is 0 Å². The van der Waals surface area contributed by atoms with Gasteiger partial charge in [0, 0.05) is 39.6 Å². The smallest absolute Gasteiger partial charge is 0.0994 e. The fourth-order valence-corrected chi connectivity index (χ4v) is 11.7. The maximum absolute atomic E-state index is 6.85. The largest absolute Gasteiger partial charge is 0.773 e. The molecule has 1 aliphatic rings. The van der Waals surface area contributed by atoms with Gasteiger partial charge in [-0.2, -0.15) is 0 Å². The zero-order valence-corrected chi connectivity index (χ0v) is 24.1. The lowest BCUT2D eigenvalue weighted by Gasteiger charge is -2.46. The minimum Gasteiger partial charge on any atom is -0.773 e. The summed E-state index contributed by atoms with van der Waals surface area (Å²) >= 11 is 6.85. The molecule has 0 N–H and O–H groups in total. The van der Waals surface area contributed by atoms with E-state index in [2.05, 4.69) is 147 Å². The van der Waals surface area contributed by atoms with Gasteiger partial charge in [0.2, 0.25) is 0 Å². The molecule has 4 aromatic rings. The first-order valence-electron chi connectivity index (χ1n) is 13.1. The maximum atomic E-state index is 6.85. The average molecular weight is 525 g/mol. The van der Waals surface area contributed by atoms with Crippen LogP contribution in [0.25, 0.3) is 0 Å². The summed E-state index contributed by atoms with van der Waals surface area (Å²) in [6, 6.07) is 40.5. The van der Waals surface area contributed by atoms with E-state index in [1.54, 1.807) is 0 Å². The topological polar surface area (TPSA) is 6.48 Å². The van der Waals surface area contributed by atoms with Crippen molar-refractivity contribution in [2.45, 2.75) is 23.2 Å². The molecule has 0 radical (unpaired) electrons. The van der Waals surface area contributed by atoms with Crippen LogP contribution in [-0.4, -0.2) is 40.0 Å². The van der Waals surface area contributed by atoms with E-state index in [0.29, 0.717) is 5.66 Å². The summed E-state index contributed by atoms with van der Waals surface area (Å²) in [6.45, 7) is 0. The first-order valence-corrected chi connectivity index (χ1v) is 15.5. The molecule has 4 aromatic carbocycles. The maximum Gasteiger partial charge on any atom is 0.0994 e. The molecule has 1 fully saturated rings. The first kappa shape index (κ1) is 25.9. The van der Waals surface area contributed by atoms with Gasteiger partial charge in [0.25, 0.3) is 0 Å². The van der Waals surface area contributed by atoms with Gasteiger partial charge in [-0.3, -0.25) is 0 Å². The predicted molar refractivity (Wildman–Crippen MR) is 167 cm³/mol. The highest BCUT2D eigenvalue weighted by Crippen LogP contribution is 2.71. The van der Waals surface area contributed by atoms with E-state index in [1.165, 1.54) is 46.0 Å². The third-order valence-corrected chi connectivity index (χ3v) is 13.8. The number of hydrogen-bond acceptors (Lipinski definition) is 3.